The number of aromatic nitrogens is 4. The second-order valence-electron chi connectivity index (χ2n) is 8.69. The van der Waals surface area contributed by atoms with E-state index in [0.717, 1.165) is 12.4 Å². The molecule has 0 saturated carbocycles. The Morgan fingerprint density at radius 1 is 1.17 bits per heavy atom. The molecule has 10 nitrogen and oxygen atoms in total. The number of aromatic amines is 1. The molecule has 3 rings (SSSR count). The molecule has 1 aliphatic heterocycles. The number of amides is 1. The van der Waals surface area contributed by atoms with Gasteiger partial charge >= 0.3 is 6.18 Å². The highest BCUT2D eigenvalue weighted by atomic mass is 19.4. The van der Waals surface area contributed by atoms with Crippen molar-refractivity contribution in [3.63, 3.8) is 0 Å². The molecule has 0 aromatic carbocycles. The molecule has 0 radical (unpaired) electrons. The van der Waals surface area contributed by atoms with E-state index in [2.05, 4.69) is 25.5 Å². The Morgan fingerprint density at radius 2 is 1.83 bits per heavy atom. The molecule has 1 aliphatic rings. The smallest absolute Gasteiger partial charge is 0.379 e. The fraction of sp³-hybridized carbons (Fsp3) is 0.591. The summed E-state index contributed by atoms with van der Waals surface area (Å²) in [5.41, 5.74) is 0.0342. The number of hydrogen-bond donors (Lipinski definition) is 2. The quantitative estimate of drug-likeness (QED) is 0.506. The second-order valence-corrected chi connectivity index (χ2v) is 8.69. The first kappa shape index (κ1) is 26.4. The van der Waals surface area contributed by atoms with Crippen molar-refractivity contribution in [3.05, 3.63) is 40.1 Å². The van der Waals surface area contributed by atoms with Gasteiger partial charge in [-0.25, -0.2) is 15.1 Å². The van der Waals surface area contributed by atoms with E-state index in [1.165, 1.54) is 0 Å². The molecule has 1 atom stereocenters. The molecular formula is C22H30F3N7O3. The number of rotatable bonds is 9. The number of ether oxygens (including phenoxy) is 1. The number of carbonyl (C=O) groups excluding carboxylic acids is 1. The zero-order valence-electron chi connectivity index (χ0n) is 19.9. The van der Waals surface area contributed by atoms with Crippen LogP contribution in [-0.4, -0.2) is 76.4 Å². The molecule has 1 saturated heterocycles. The molecule has 3 heterocycles. The third kappa shape index (κ3) is 7.13. The normalized spacial score (nSPS) is 15.4. The van der Waals surface area contributed by atoms with Gasteiger partial charge in [0.05, 0.1) is 43.1 Å². The van der Waals surface area contributed by atoms with E-state index in [-0.39, 0.29) is 42.4 Å². The number of H-pyrrole nitrogens is 1. The number of anilines is 2. The molecule has 13 heteroatoms. The number of nitrogens with one attached hydrogen (secondary N) is 2. The van der Waals surface area contributed by atoms with Gasteiger partial charge in [0.25, 0.3) is 5.56 Å². The molecular weight excluding hydrogens is 467 g/mol. The van der Waals surface area contributed by atoms with Crippen LogP contribution in [0.25, 0.3) is 0 Å². The average Bonchev–Trinajstić information content (AvgIpc) is 2.83. The highest BCUT2D eigenvalue weighted by molar-refractivity contribution is 5.76. The predicted octanol–water partition coefficient (Wildman–Crippen LogP) is 2.08. The number of piperazine rings is 1. The molecule has 35 heavy (non-hydrogen) atoms. The van der Waals surface area contributed by atoms with Crippen LogP contribution in [-0.2, 0) is 15.7 Å². The zero-order valence-corrected chi connectivity index (χ0v) is 19.9. The van der Waals surface area contributed by atoms with Crippen molar-refractivity contribution in [2.45, 2.75) is 39.4 Å². The lowest BCUT2D eigenvalue weighted by atomic mass is 10.0. The first-order valence-electron chi connectivity index (χ1n) is 11.4. The van der Waals surface area contributed by atoms with Crippen LogP contribution >= 0.6 is 0 Å². The maximum atomic E-state index is 12.7. The molecule has 1 amide bonds. The van der Waals surface area contributed by atoms with Gasteiger partial charge in [-0.2, -0.15) is 18.3 Å². The Balaban J connectivity index is 1.41. The molecule has 0 spiro atoms. The van der Waals surface area contributed by atoms with Crippen LogP contribution in [0.4, 0.5) is 24.8 Å². The highest BCUT2D eigenvalue weighted by Gasteiger charge is 2.32. The van der Waals surface area contributed by atoms with Gasteiger partial charge in [-0.3, -0.25) is 9.59 Å². The van der Waals surface area contributed by atoms with E-state index in [9.17, 15) is 22.8 Å². The topological polar surface area (TPSA) is 116 Å². The summed E-state index contributed by atoms with van der Waals surface area (Å²) in [5, 5.41) is 9.50. The van der Waals surface area contributed by atoms with Gasteiger partial charge in [-0.15, -0.1) is 0 Å². The van der Waals surface area contributed by atoms with Gasteiger partial charge in [-0.05, 0) is 12.8 Å². The number of carbonyl (C=O) groups is 1. The van der Waals surface area contributed by atoms with Crippen LogP contribution in [0.5, 0.6) is 0 Å². The van der Waals surface area contributed by atoms with Crippen LogP contribution < -0.4 is 15.8 Å². The standard InChI is InChI=1S/C22H30F3N7O3/c1-14(2)18(29-17-12-28-30-20(34)15(17)3)13-35-9-4-19(33)31-5-7-32(8-6-31)21-26-10-16(11-27-21)22(23,24)25/h10-12,14,18H,4-9,13H2,1-3H3,(H2,29,30,34)/t18-/m1/s1. The van der Waals surface area contributed by atoms with Gasteiger partial charge < -0.3 is 19.9 Å². The summed E-state index contributed by atoms with van der Waals surface area (Å²) in [6.07, 6.45) is -1.17. The average molecular weight is 498 g/mol. The lowest BCUT2D eigenvalue weighted by molar-refractivity contribution is -0.138. The summed E-state index contributed by atoms with van der Waals surface area (Å²) in [7, 11) is 0. The first-order chi connectivity index (χ1) is 16.6. The minimum absolute atomic E-state index is 0.0540. The third-order valence-corrected chi connectivity index (χ3v) is 5.89. The van der Waals surface area contributed by atoms with Gasteiger partial charge in [0.1, 0.15) is 0 Å². The number of halogens is 3. The summed E-state index contributed by atoms with van der Waals surface area (Å²) in [4.78, 5) is 35.4. The Morgan fingerprint density at radius 3 is 2.43 bits per heavy atom. The van der Waals surface area contributed by atoms with Crippen molar-refractivity contribution in [3.8, 4) is 0 Å². The number of hydrogen-bond acceptors (Lipinski definition) is 8. The lowest BCUT2D eigenvalue weighted by Crippen LogP contribution is -2.49. The monoisotopic (exact) mass is 497 g/mol. The summed E-state index contributed by atoms with van der Waals surface area (Å²) in [5.74, 6) is 0.373. The molecule has 2 N–H and O–H groups in total. The minimum atomic E-state index is -4.48. The van der Waals surface area contributed by atoms with E-state index in [4.69, 9.17) is 4.74 Å². The molecule has 192 valence electrons. The molecule has 0 unspecified atom stereocenters. The van der Waals surface area contributed by atoms with E-state index in [0.29, 0.717) is 44.0 Å². The van der Waals surface area contributed by atoms with Gasteiger partial charge in [0.2, 0.25) is 11.9 Å². The van der Waals surface area contributed by atoms with Gasteiger partial charge in [0.15, 0.2) is 0 Å². The van der Waals surface area contributed by atoms with Crippen molar-refractivity contribution in [2.24, 2.45) is 5.92 Å². The lowest BCUT2D eigenvalue weighted by Gasteiger charge is -2.34. The van der Waals surface area contributed by atoms with Crippen LogP contribution in [0, 0.1) is 12.8 Å². The molecule has 2 aromatic rings. The fourth-order valence-electron chi connectivity index (χ4n) is 3.52. The first-order valence-corrected chi connectivity index (χ1v) is 11.4. The Kier molecular flexibility index (Phi) is 8.65. The number of alkyl halides is 3. The van der Waals surface area contributed by atoms with Gasteiger partial charge in [-0.1, -0.05) is 13.8 Å². The Hall–Kier alpha value is -3.22. The van der Waals surface area contributed by atoms with Crippen LogP contribution in [0.2, 0.25) is 0 Å². The summed E-state index contributed by atoms with van der Waals surface area (Å²) < 4.78 is 43.8. The van der Waals surface area contributed by atoms with Crippen LogP contribution in [0.15, 0.2) is 23.4 Å². The fourth-order valence-corrected chi connectivity index (χ4v) is 3.52. The minimum Gasteiger partial charge on any atom is -0.379 e. The largest absolute Gasteiger partial charge is 0.419 e. The molecule has 1 fully saturated rings. The van der Waals surface area contributed by atoms with Crippen molar-refractivity contribution in [1.29, 1.82) is 0 Å². The van der Waals surface area contributed by atoms with Crippen molar-refractivity contribution >= 4 is 17.5 Å². The van der Waals surface area contributed by atoms with E-state index in [1.807, 2.05) is 13.8 Å². The van der Waals surface area contributed by atoms with E-state index < -0.39 is 11.7 Å². The number of nitrogens with zero attached hydrogens (tertiary/aromatic N) is 5. The predicted molar refractivity (Wildman–Crippen MR) is 123 cm³/mol. The third-order valence-electron chi connectivity index (χ3n) is 5.89. The molecule has 0 aliphatic carbocycles. The van der Waals surface area contributed by atoms with E-state index in [1.54, 1.807) is 22.9 Å². The zero-order chi connectivity index (χ0) is 25.6. The maximum Gasteiger partial charge on any atom is 0.419 e. The van der Waals surface area contributed by atoms with Crippen molar-refractivity contribution in [1.82, 2.24) is 25.1 Å². The summed E-state index contributed by atoms with van der Waals surface area (Å²) in [6, 6.07) is -0.0697. The molecule has 2 aromatic heterocycles. The maximum absolute atomic E-state index is 12.7. The summed E-state index contributed by atoms with van der Waals surface area (Å²) in [6.45, 7) is 8.09. The SMILES string of the molecule is Cc1c(N[C@H](COCCC(=O)N2CCN(c3ncc(C(F)(F)F)cn3)CC2)C(C)C)cn[nH]c1=O. The van der Waals surface area contributed by atoms with Crippen molar-refractivity contribution in [2.75, 3.05) is 49.6 Å². The van der Waals surface area contributed by atoms with E-state index >= 15 is 0 Å². The Labute approximate surface area is 200 Å². The Bertz CT molecular complexity index is 1040. The van der Waals surface area contributed by atoms with Gasteiger partial charge in [0, 0.05) is 44.1 Å². The van der Waals surface area contributed by atoms with Crippen molar-refractivity contribution < 1.29 is 22.7 Å². The highest BCUT2D eigenvalue weighted by Crippen LogP contribution is 2.28. The van der Waals surface area contributed by atoms with Crippen LogP contribution in [0.3, 0.4) is 0 Å². The summed E-state index contributed by atoms with van der Waals surface area (Å²) >= 11 is 0. The van der Waals surface area contributed by atoms with Crippen LogP contribution in [0.1, 0.15) is 31.4 Å². The molecule has 0 bridgehead atoms. The second kappa shape index (κ2) is 11.5.